The first-order valence-corrected chi connectivity index (χ1v) is 5.68. The van der Waals surface area contributed by atoms with Crippen molar-refractivity contribution in [3.63, 3.8) is 0 Å². The van der Waals surface area contributed by atoms with E-state index >= 15 is 0 Å². The highest BCUT2D eigenvalue weighted by Gasteiger charge is 2.06. The fourth-order valence-corrected chi connectivity index (χ4v) is 1.61. The lowest BCUT2D eigenvalue weighted by molar-refractivity contribution is 0.275. The predicted octanol–water partition coefficient (Wildman–Crippen LogP) is 3.27. The van der Waals surface area contributed by atoms with E-state index in [2.05, 4.69) is 20.9 Å². The molecule has 3 nitrogen and oxygen atoms in total. The molecule has 0 aliphatic heterocycles. The molecule has 0 unspecified atom stereocenters. The minimum Gasteiger partial charge on any atom is -0.436 e. The standard InChI is InChI=1S/C12H9BrFNO2/c13-8-4-5-11(10(14)6-8)17-12-3-1-2-9(7-16)15-12/h1-6,16H,7H2. The summed E-state index contributed by atoms with van der Waals surface area (Å²) in [5.74, 6) is -0.135. The predicted molar refractivity (Wildman–Crippen MR) is 64.3 cm³/mol. The monoisotopic (exact) mass is 297 g/mol. The molecule has 0 radical (unpaired) electrons. The van der Waals surface area contributed by atoms with Crippen molar-refractivity contribution in [3.05, 3.63) is 52.4 Å². The normalized spacial score (nSPS) is 10.3. The maximum atomic E-state index is 13.5. The van der Waals surface area contributed by atoms with Crippen LogP contribution in [-0.2, 0) is 6.61 Å². The Labute approximate surface area is 106 Å². The van der Waals surface area contributed by atoms with Gasteiger partial charge in [0.15, 0.2) is 11.6 Å². The number of halogens is 2. The Kier molecular flexibility index (Phi) is 3.71. The molecule has 0 bridgehead atoms. The summed E-state index contributed by atoms with van der Waals surface area (Å²) in [6.45, 7) is -0.181. The third-order valence-electron chi connectivity index (χ3n) is 2.05. The van der Waals surface area contributed by atoms with E-state index in [-0.39, 0.29) is 18.2 Å². The average molecular weight is 298 g/mol. The van der Waals surface area contributed by atoms with E-state index in [0.29, 0.717) is 10.2 Å². The zero-order valence-corrected chi connectivity index (χ0v) is 10.3. The van der Waals surface area contributed by atoms with Gasteiger partial charge in [-0.2, -0.15) is 0 Å². The quantitative estimate of drug-likeness (QED) is 0.945. The number of hydrogen-bond donors (Lipinski definition) is 1. The molecule has 17 heavy (non-hydrogen) atoms. The third-order valence-corrected chi connectivity index (χ3v) is 2.54. The first-order valence-electron chi connectivity index (χ1n) is 4.89. The lowest BCUT2D eigenvalue weighted by Crippen LogP contribution is -1.94. The van der Waals surface area contributed by atoms with Crippen molar-refractivity contribution in [1.29, 1.82) is 0 Å². The molecule has 2 aromatic rings. The van der Waals surface area contributed by atoms with Gasteiger partial charge in [0.2, 0.25) is 5.88 Å². The van der Waals surface area contributed by atoms with Gasteiger partial charge >= 0.3 is 0 Å². The van der Waals surface area contributed by atoms with E-state index in [1.54, 1.807) is 24.3 Å². The lowest BCUT2D eigenvalue weighted by atomic mass is 10.3. The van der Waals surface area contributed by atoms with Crippen molar-refractivity contribution >= 4 is 15.9 Å². The SMILES string of the molecule is OCc1cccc(Oc2ccc(Br)cc2F)n1. The second-order valence-corrected chi connectivity index (χ2v) is 4.22. The smallest absolute Gasteiger partial charge is 0.219 e. The molecule has 0 aliphatic rings. The van der Waals surface area contributed by atoms with Crippen LogP contribution in [0.4, 0.5) is 4.39 Å². The van der Waals surface area contributed by atoms with E-state index in [4.69, 9.17) is 9.84 Å². The van der Waals surface area contributed by atoms with Gasteiger partial charge < -0.3 is 9.84 Å². The van der Waals surface area contributed by atoms with Crippen LogP contribution in [0.3, 0.4) is 0 Å². The van der Waals surface area contributed by atoms with Gasteiger partial charge in [0.25, 0.3) is 0 Å². The van der Waals surface area contributed by atoms with Crippen LogP contribution in [0.15, 0.2) is 40.9 Å². The van der Waals surface area contributed by atoms with Gasteiger partial charge in [0.1, 0.15) is 0 Å². The van der Waals surface area contributed by atoms with Crippen LogP contribution in [0, 0.1) is 5.82 Å². The molecule has 0 amide bonds. The molecule has 0 atom stereocenters. The molecule has 2 rings (SSSR count). The summed E-state index contributed by atoms with van der Waals surface area (Å²) in [7, 11) is 0. The molecule has 1 aromatic carbocycles. The van der Waals surface area contributed by atoms with Gasteiger partial charge in [0, 0.05) is 10.5 Å². The van der Waals surface area contributed by atoms with Crippen LogP contribution in [0.5, 0.6) is 11.6 Å². The Bertz CT molecular complexity index is 534. The van der Waals surface area contributed by atoms with Crippen LogP contribution in [0.1, 0.15) is 5.69 Å². The number of benzene rings is 1. The van der Waals surface area contributed by atoms with Gasteiger partial charge in [-0.1, -0.05) is 22.0 Å². The van der Waals surface area contributed by atoms with E-state index < -0.39 is 5.82 Å². The van der Waals surface area contributed by atoms with E-state index in [1.165, 1.54) is 12.1 Å². The second-order valence-electron chi connectivity index (χ2n) is 3.30. The Balaban J connectivity index is 2.25. The molecular weight excluding hydrogens is 289 g/mol. The average Bonchev–Trinajstić information content (AvgIpc) is 2.33. The summed E-state index contributed by atoms with van der Waals surface area (Å²) in [5, 5.41) is 8.92. The molecule has 1 heterocycles. The summed E-state index contributed by atoms with van der Waals surface area (Å²) >= 11 is 3.16. The van der Waals surface area contributed by atoms with Gasteiger partial charge in [0.05, 0.1) is 12.3 Å². The fraction of sp³-hybridized carbons (Fsp3) is 0.0833. The highest BCUT2D eigenvalue weighted by molar-refractivity contribution is 9.10. The maximum Gasteiger partial charge on any atom is 0.219 e. The molecule has 0 aliphatic carbocycles. The Hall–Kier alpha value is -1.46. The highest BCUT2D eigenvalue weighted by Crippen LogP contribution is 2.25. The number of hydrogen-bond acceptors (Lipinski definition) is 3. The first-order chi connectivity index (χ1) is 8.19. The van der Waals surface area contributed by atoms with Crippen molar-refractivity contribution in [3.8, 4) is 11.6 Å². The molecule has 5 heteroatoms. The van der Waals surface area contributed by atoms with Gasteiger partial charge in [-0.25, -0.2) is 9.37 Å². The number of aromatic nitrogens is 1. The fourth-order valence-electron chi connectivity index (χ4n) is 1.27. The topological polar surface area (TPSA) is 42.4 Å². The Morgan fingerprint density at radius 2 is 2.12 bits per heavy atom. The molecule has 88 valence electrons. The number of pyridine rings is 1. The Morgan fingerprint density at radius 3 is 2.82 bits per heavy atom. The second kappa shape index (κ2) is 5.25. The van der Waals surface area contributed by atoms with Crippen LogP contribution in [0.25, 0.3) is 0 Å². The summed E-state index contributed by atoms with van der Waals surface area (Å²) in [6, 6.07) is 9.43. The number of nitrogens with zero attached hydrogens (tertiary/aromatic N) is 1. The molecule has 0 spiro atoms. The summed E-state index contributed by atoms with van der Waals surface area (Å²) in [5.41, 5.74) is 0.472. The number of aliphatic hydroxyl groups excluding tert-OH is 1. The molecule has 1 N–H and O–H groups in total. The molecule has 0 fully saturated rings. The van der Waals surface area contributed by atoms with Crippen molar-refractivity contribution in [1.82, 2.24) is 4.98 Å². The molecular formula is C12H9BrFNO2. The molecule has 1 aromatic heterocycles. The summed E-state index contributed by atoms with van der Waals surface area (Å²) in [4.78, 5) is 4.00. The Morgan fingerprint density at radius 1 is 1.29 bits per heavy atom. The summed E-state index contributed by atoms with van der Waals surface area (Å²) in [6.07, 6.45) is 0. The highest BCUT2D eigenvalue weighted by atomic mass is 79.9. The van der Waals surface area contributed by atoms with Crippen LogP contribution in [-0.4, -0.2) is 10.1 Å². The third kappa shape index (κ3) is 3.01. The van der Waals surface area contributed by atoms with Crippen LogP contribution < -0.4 is 4.74 Å². The van der Waals surface area contributed by atoms with Crippen molar-refractivity contribution < 1.29 is 14.2 Å². The van der Waals surface area contributed by atoms with Gasteiger partial charge in [-0.3, -0.25) is 0 Å². The number of ether oxygens (including phenoxy) is 1. The van der Waals surface area contributed by atoms with Crippen molar-refractivity contribution in [2.24, 2.45) is 0 Å². The van der Waals surface area contributed by atoms with Gasteiger partial charge in [-0.05, 0) is 24.3 Å². The molecule has 0 saturated carbocycles. The summed E-state index contributed by atoms with van der Waals surface area (Å²) < 4.78 is 19.4. The van der Waals surface area contributed by atoms with E-state index in [0.717, 1.165) is 0 Å². The number of rotatable bonds is 3. The minimum absolute atomic E-state index is 0.0933. The zero-order valence-electron chi connectivity index (χ0n) is 8.73. The zero-order chi connectivity index (χ0) is 12.3. The van der Waals surface area contributed by atoms with E-state index in [1.807, 2.05) is 0 Å². The molecule has 0 saturated heterocycles. The van der Waals surface area contributed by atoms with Gasteiger partial charge in [-0.15, -0.1) is 0 Å². The minimum atomic E-state index is -0.476. The largest absolute Gasteiger partial charge is 0.436 e. The van der Waals surface area contributed by atoms with Crippen LogP contribution >= 0.6 is 15.9 Å². The van der Waals surface area contributed by atoms with Crippen molar-refractivity contribution in [2.75, 3.05) is 0 Å². The lowest BCUT2D eigenvalue weighted by Gasteiger charge is -2.06. The van der Waals surface area contributed by atoms with Crippen LogP contribution in [0.2, 0.25) is 0 Å². The number of aliphatic hydroxyl groups is 1. The maximum absolute atomic E-state index is 13.5. The first kappa shape index (κ1) is 12.0. The van der Waals surface area contributed by atoms with Crippen molar-refractivity contribution in [2.45, 2.75) is 6.61 Å². The van der Waals surface area contributed by atoms with E-state index in [9.17, 15) is 4.39 Å².